The number of hydrogen-bond donors (Lipinski definition) is 3. The molecule has 4 N–H and O–H groups in total. The average molecular weight is 487 g/mol. The zero-order valence-electron chi connectivity index (χ0n) is 17.5. The van der Waals surface area contributed by atoms with Crippen LogP contribution in [-0.4, -0.2) is 42.5 Å². The van der Waals surface area contributed by atoms with E-state index >= 15 is 0 Å². The van der Waals surface area contributed by atoms with E-state index in [1.54, 1.807) is 0 Å². The molecule has 1 aliphatic heterocycles. The molecule has 0 spiro atoms. The van der Waals surface area contributed by atoms with Gasteiger partial charge in [-0.25, -0.2) is 18.3 Å². The Labute approximate surface area is 190 Å². The number of ether oxygens (including phenoxy) is 2. The van der Waals surface area contributed by atoms with Gasteiger partial charge >= 0.3 is 0 Å². The highest BCUT2D eigenvalue weighted by atomic mass is 35.5. The molecule has 1 amide bonds. The van der Waals surface area contributed by atoms with Crippen molar-refractivity contribution >= 4 is 27.3 Å². The second-order valence-electron chi connectivity index (χ2n) is 7.99. The number of nitrogens with two attached hydrogens (primary N) is 1. The number of carbonyl (C=O) groups is 1. The first-order valence-electron chi connectivity index (χ1n) is 9.71. The van der Waals surface area contributed by atoms with E-state index in [4.69, 9.17) is 26.8 Å². The third-order valence-electron chi connectivity index (χ3n) is 5.76. The molecule has 0 radical (unpaired) electrons. The molecular formula is C21H24ClFN2O6S. The largest absolute Gasteiger partial charge is 0.489 e. The summed E-state index contributed by atoms with van der Waals surface area (Å²) < 4.78 is 51.1. The molecule has 11 heteroatoms. The van der Waals surface area contributed by atoms with Crippen LogP contribution in [0.2, 0.25) is 5.02 Å². The summed E-state index contributed by atoms with van der Waals surface area (Å²) in [5.74, 6) is -1.15. The van der Waals surface area contributed by atoms with Crippen LogP contribution in [0.25, 0.3) is 0 Å². The zero-order chi connectivity index (χ0) is 23.7. The fourth-order valence-corrected chi connectivity index (χ4v) is 6.11. The van der Waals surface area contributed by atoms with E-state index in [2.05, 4.69) is 0 Å². The Hall–Kier alpha value is -2.24. The molecule has 8 nitrogen and oxygen atoms in total. The molecule has 2 atom stereocenters. The van der Waals surface area contributed by atoms with Crippen LogP contribution in [0.1, 0.15) is 25.8 Å². The van der Waals surface area contributed by atoms with Crippen LogP contribution in [0.5, 0.6) is 5.75 Å². The highest BCUT2D eigenvalue weighted by molar-refractivity contribution is 7.92. The first kappa shape index (κ1) is 24.4. The predicted molar refractivity (Wildman–Crippen MR) is 115 cm³/mol. The van der Waals surface area contributed by atoms with Crippen molar-refractivity contribution < 1.29 is 32.3 Å². The van der Waals surface area contributed by atoms with Crippen LogP contribution in [-0.2, 0) is 26.0 Å². The van der Waals surface area contributed by atoms with E-state index in [1.807, 2.05) is 0 Å². The van der Waals surface area contributed by atoms with Crippen LogP contribution in [0.3, 0.4) is 0 Å². The minimum atomic E-state index is -4.09. The smallest absolute Gasteiger partial charge is 0.267 e. The Morgan fingerprint density at radius 2 is 1.97 bits per heavy atom. The molecule has 1 saturated heterocycles. The molecule has 2 unspecified atom stereocenters. The minimum absolute atomic E-state index is 0.0308. The summed E-state index contributed by atoms with van der Waals surface area (Å²) in [7, 11) is -4.09. The van der Waals surface area contributed by atoms with E-state index in [0.29, 0.717) is 11.3 Å². The lowest BCUT2D eigenvalue weighted by molar-refractivity contribution is -0.157. The van der Waals surface area contributed by atoms with Gasteiger partial charge < -0.3 is 15.2 Å². The zero-order valence-corrected chi connectivity index (χ0v) is 19.0. The topological polar surface area (TPSA) is 128 Å². The molecular weight excluding hydrogens is 463 g/mol. The van der Waals surface area contributed by atoms with Crippen molar-refractivity contribution in [3.8, 4) is 5.75 Å². The van der Waals surface area contributed by atoms with Crippen molar-refractivity contribution in [2.45, 2.75) is 48.2 Å². The van der Waals surface area contributed by atoms with Gasteiger partial charge in [0, 0.05) is 12.2 Å². The number of benzene rings is 2. The lowest BCUT2D eigenvalue weighted by Crippen LogP contribution is -2.76. The normalized spacial score (nSPS) is 22.9. The monoisotopic (exact) mass is 486 g/mol. The number of rotatable bonds is 6. The Morgan fingerprint density at radius 1 is 1.31 bits per heavy atom. The van der Waals surface area contributed by atoms with Gasteiger partial charge in [0.15, 0.2) is 9.84 Å². The van der Waals surface area contributed by atoms with E-state index in [9.17, 15) is 22.8 Å². The maximum absolute atomic E-state index is 13.4. The maximum Gasteiger partial charge on any atom is 0.267 e. The van der Waals surface area contributed by atoms with E-state index < -0.39 is 38.0 Å². The molecule has 2 aromatic carbocycles. The average Bonchev–Trinajstić information content (AvgIpc) is 2.74. The SMILES string of the molecule is CC1(C)OCCC(S(=O)(=O)c2ccc(OCc3ccc(F)cc3Cl)cc2)C1(N)C(=O)NO. The van der Waals surface area contributed by atoms with Crippen molar-refractivity contribution in [3.05, 3.63) is 58.9 Å². The molecule has 32 heavy (non-hydrogen) atoms. The van der Waals surface area contributed by atoms with Crippen LogP contribution >= 0.6 is 11.6 Å². The van der Waals surface area contributed by atoms with Crippen molar-refractivity contribution in [2.75, 3.05) is 6.61 Å². The number of halogens is 2. The van der Waals surface area contributed by atoms with Gasteiger partial charge in [-0.3, -0.25) is 10.0 Å². The fraction of sp³-hybridized carbons (Fsp3) is 0.381. The number of hydroxylamine groups is 1. The Bertz CT molecular complexity index is 1110. The Morgan fingerprint density at radius 3 is 2.56 bits per heavy atom. The quantitative estimate of drug-likeness (QED) is 0.423. The molecule has 0 aromatic heterocycles. The first-order valence-corrected chi connectivity index (χ1v) is 11.6. The molecule has 1 fully saturated rings. The van der Waals surface area contributed by atoms with Gasteiger partial charge in [-0.1, -0.05) is 17.7 Å². The van der Waals surface area contributed by atoms with Gasteiger partial charge in [-0.05, 0) is 56.7 Å². The molecule has 2 aromatic rings. The van der Waals surface area contributed by atoms with Crippen molar-refractivity contribution in [1.29, 1.82) is 0 Å². The van der Waals surface area contributed by atoms with Crippen LogP contribution in [0.4, 0.5) is 4.39 Å². The summed E-state index contributed by atoms with van der Waals surface area (Å²) >= 11 is 5.98. The standard InChI is InChI=1S/C21H24ClFN2O6S/c1-20(2)21(24,19(26)25-27)18(9-10-31-20)32(28,29)16-7-5-15(6-8-16)30-12-13-3-4-14(23)11-17(13)22/h3-8,11,18,27H,9-10,12,24H2,1-2H3,(H,25,26). The lowest BCUT2D eigenvalue weighted by Gasteiger charge is -2.49. The molecule has 1 heterocycles. The first-order chi connectivity index (χ1) is 14.9. The highest BCUT2D eigenvalue weighted by Crippen LogP contribution is 2.39. The van der Waals surface area contributed by atoms with Crippen LogP contribution in [0.15, 0.2) is 47.4 Å². The van der Waals surface area contributed by atoms with Gasteiger partial charge in [-0.15, -0.1) is 0 Å². The van der Waals surface area contributed by atoms with Crippen molar-refractivity contribution in [2.24, 2.45) is 5.73 Å². The highest BCUT2D eigenvalue weighted by Gasteiger charge is 2.61. The van der Waals surface area contributed by atoms with Gasteiger partial charge in [0.05, 0.1) is 20.8 Å². The van der Waals surface area contributed by atoms with E-state index in [-0.39, 0.29) is 29.6 Å². The summed E-state index contributed by atoms with van der Waals surface area (Å²) in [5.41, 5.74) is 4.93. The molecule has 3 rings (SSSR count). The molecule has 0 bridgehead atoms. The van der Waals surface area contributed by atoms with E-state index in [0.717, 1.165) is 0 Å². The third-order valence-corrected chi connectivity index (χ3v) is 8.40. The Kier molecular flexibility index (Phi) is 6.83. The summed E-state index contributed by atoms with van der Waals surface area (Å²) in [5, 5.41) is 8.06. The van der Waals surface area contributed by atoms with Gasteiger partial charge in [-0.2, -0.15) is 0 Å². The molecule has 1 aliphatic rings. The van der Waals surface area contributed by atoms with Gasteiger partial charge in [0.2, 0.25) is 0 Å². The van der Waals surface area contributed by atoms with E-state index in [1.165, 1.54) is 61.8 Å². The third kappa shape index (κ3) is 4.33. The van der Waals surface area contributed by atoms with Gasteiger partial charge in [0.25, 0.3) is 5.91 Å². The number of nitrogens with one attached hydrogen (secondary N) is 1. The molecule has 0 saturated carbocycles. The molecule has 0 aliphatic carbocycles. The summed E-state index contributed by atoms with van der Waals surface area (Å²) in [6.07, 6.45) is -0.0308. The lowest BCUT2D eigenvalue weighted by atomic mass is 9.76. The minimum Gasteiger partial charge on any atom is -0.489 e. The predicted octanol–water partition coefficient (Wildman–Crippen LogP) is 2.60. The van der Waals surface area contributed by atoms with Crippen molar-refractivity contribution in [3.63, 3.8) is 0 Å². The number of hydrogen-bond acceptors (Lipinski definition) is 7. The van der Waals surface area contributed by atoms with Crippen LogP contribution in [0, 0.1) is 5.82 Å². The summed E-state index contributed by atoms with van der Waals surface area (Å²) in [6, 6.07) is 9.53. The maximum atomic E-state index is 13.4. The second-order valence-corrected chi connectivity index (χ2v) is 10.5. The summed E-state index contributed by atoms with van der Waals surface area (Å²) in [4.78, 5) is 12.4. The van der Waals surface area contributed by atoms with Crippen molar-refractivity contribution in [1.82, 2.24) is 5.48 Å². The fourth-order valence-electron chi connectivity index (χ4n) is 3.76. The number of amides is 1. The number of carbonyl (C=O) groups excluding carboxylic acids is 1. The van der Waals surface area contributed by atoms with Crippen LogP contribution < -0.4 is 16.0 Å². The second kappa shape index (κ2) is 8.95. The number of sulfone groups is 1. The van der Waals surface area contributed by atoms with Gasteiger partial charge in [0.1, 0.15) is 23.7 Å². The summed E-state index contributed by atoms with van der Waals surface area (Å²) in [6.45, 7) is 3.14. The molecule has 174 valence electrons. The Balaban J connectivity index is 1.84.